The molecule has 4 rings (SSSR count). The van der Waals surface area contributed by atoms with E-state index in [0.717, 1.165) is 6.42 Å². The SMILES string of the molecule is CCCc1nn2c(c1-c1ccc(OC)c(S(=O)(=O)Nc3cccc(OC)c3)c1)NC(=O)CCC2=O. The zero-order valence-electron chi connectivity index (χ0n) is 19.6. The predicted octanol–water partition coefficient (Wildman–Crippen LogP) is 3.69. The van der Waals surface area contributed by atoms with Gasteiger partial charge in [0.15, 0.2) is 0 Å². The van der Waals surface area contributed by atoms with Crippen molar-refractivity contribution in [3.05, 3.63) is 48.2 Å². The van der Waals surface area contributed by atoms with Gasteiger partial charge in [-0.25, -0.2) is 8.42 Å². The Morgan fingerprint density at radius 1 is 1.09 bits per heavy atom. The molecule has 2 N–H and O–H groups in total. The Labute approximate surface area is 203 Å². The molecule has 0 radical (unpaired) electrons. The molecule has 0 bridgehead atoms. The summed E-state index contributed by atoms with van der Waals surface area (Å²) in [5, 5.41) is 7.22. The van der Waals surface area contributed by atoms with Crippen LogP contribution in [0.1, 0.15) is 36.7 Å². The Hall–Kier alpha value is -3.86. The van der Waals surface area contributed by atoms with Gasteiger partial charge in [-0.2, -0.15) is 9.78 Å². The number of benzene rings is 2. The minimum absolute atomic E-state index is 0.0399. The standard InChI is InChI=1S/C24H26N4O6S/c1-4-6-18-23(24-25-21(29)11-12-22(30)28(24)26-18)15-9-10-19(34-3)20(13-15)35(31,32)27-16-7-5-8-17(14-16)33-2/h5,7-10,13-14,27H,4,6,11-12H2,1-3H3,(H,25,29). The van der Waals surface area contributed by atoms with E-state index >= 15 is 0 Å². The van der Waals surface area contributed by atoms with Gasteiger partial charge < -0.3 is 14.8 Å². The van der Waals surface area contributed by atoms with Gasteiger partial charge in [0.2, 0.25) is 11.8 Å². The number of rotatable bonds is 8. The van der Waals surface area contributed by atoms with Crippen molar-refractivity contribution in [2.45, 2.75) is 37.5 Å². The summed E-state index contributed by atoms with van der Waals surface area (Å²) in [6, 6.07) is 11.2. The number of fused-ring (bicyclic) bond motifs is 1. The number of nitrogens with zero attached hydrogens (tertiary/aromatic N) is 2. The van der Waals surface area contributed by atoms with Crippen molar-refractivity contribution in [3.63, 3.8) is 0 Å². The summed E-state index contributed by atoms with van der Waals surface area (Å²) in [5.74, 6) is 0.276. The fourth-order valence-electron chi connectivity index (χ4n) is 3.93. The van der Waals surface area contributed by atoms with E-state index in [-0.39, 0.29) is 41.1 Å². The molecule has 0 spiro atoms. The van der Waals surface area contributed by atoms with Crippen molar-refractivity contribution in [1.82, 2.24) is 9.78 Å². The van der Waals surface area contributed by atoms with Crippen molar-refractivity contribution in [2.75, 3.05) is 24.3 Å². The topological polar surface area (TPSA) is 129 Å². The monoisotopic (exact) mass is 498 g/mol. The van der Waals surface area contributed by atoms with Crippen LogP contribution in [0.15, 0.2) is 47.4 Å². The minimum atomic E-state index is -4.08. The number of carbonyl (C=O) groups excluding carboxylic acids is 2. The van der Waals surface area contributed by atoms with Gasteiger partial charge in [0.25, 0.3) is 10.0 Å². The summed E-state index contributed by atoms with van der Waals surface area (Å²) in [4.78, 5) is 24.8. The molecule has 1 aromatic heterocycles. The maximum Gasteiger partial charge on any atom is 0.265 e. The van der Waals surface area contributed by atoms with E-state index in [1.54, 1.807) is 30.3 Å². The highest BCUT2D eigenvalue weighted by Crippen LogP contribution is 2.38. The molecule has 0 aliphatic carbocycles. The van der Waals surface area contributed by atoms with Gasteiger partial charge >= 0.3 is 0 Å². The third-order valence-electron chi connectivity index (χ3n) is 5.57. The molecule has 11 heteroatoms. The Morgan fingerprint density at radius 3 is 2.60 bits per heavy atom. The van der Waals surface area contributed by atoms with Crippen molar-refractivity contribution < 1.29 is 27.5 Å². The van der Waals surface area contributed by atoms with Crippen molar-refractivity contribution >= 4 is 33.3 Å². The number of sulfonamides is 1. The lowest BCUT2D eigenvalue weighted by Gasteiger charge is -2.14. The number of carbonyl (C=O) groups is 2. The number of aromatic nitrogens is 2. The lowest BCUT2D eigenvalue weighted by atomic mass is 10.0. The van der Waals surface area contributed by atoms with Gasteiger partial charge in [-0.1, -0.05) is 25.5 Å². The number of nitrogens with one attached hydrogen (secondary N) is 2. The summed E-state index contributed by atoms with van der Waals surface area (Å²) >= 11 is 0. The molecule has 0 fully saturated rings. The van der Waals surface area contributed by atoms with Crippen LogP contribution in [0, 0.1) is 0 Å². The fraction of sp³-hybridized carbons (Fsp3) is 0.292. The number of aryl methyl sites for hydroxylation is 1. The van der Waals surface area contributed by atoms with E-state index in [1.807, 2.05) is 6.92 Å². The highest BCUT2D eigenvalue weighted by Gasteiger charge is 2.29. The van der Waals surface area contributed by atoms with Gasteiger partial charge in [0.1, 0.15) is 22.2 Å². The number of methoxy groups -OCH3 is 2. The summed E-state index contributed by atoms with van der Waals surface area (Å²) in [6.07, 6.45) is 1.37. The van der Waals surface area contributed by atoms with E-state index < -0.39 is 10.0 Å². The molecule has 2 heterocycles. The van der Waals surface area contributed by atoms with Crippen LogP contribution in [0.25, 0.3) is 11.1 Å². The molecule has 184 valence electrons. The van der Waals surface area contributed by atoms with Gasteiger partial charge in [-0.3, -0.25) is 14.3 Å². The number of anilines is 2. The normalized spacial score (nSPS) is 13.6. The molecular formula is C24H26N4O6S. The summed E-state index contributed by atoms with van der Waals surface area (Å²) in [5.41, 5.74) is 1.90. The average Bonchev–Trinajstić information content (AvgIpc) is 3.12. The van der Waals surface area contributed by atoms with Crippen LogP contribution in [-0.2, 0) is 21.2 Å². The molecule has 10 nitrogen and oxygen atoms in total. The maximum atomic E-state index is 13.4. The van der Waals surface area contributed by atoms with Gasteiger partial charge in [0.05, 0.1) is 25.6 Å². The lowest BCUT2D eigenvalue weighted by molar-refractivity contribution is -0.116. The molecule has 0 atom stereocenters. The Balaban J connectivity index is 1.85. The molecule has 0 unspecified atom stereocenters. The first kappa shape index (κ1) is 24.3. The maximum absolute atomic E-state index is 13.4. The summed E-state index contributed by atoms with van der Waals surface area (Å²) < 4.78 is 41.0. The van der Waals surface area contributed by atoms with Crippen LogP contribution in [0.2, 0.25) is 0 Å². The highest BCUT2D eigenvalue weighted by molar-refractivity contribution is 7.92. The van der Waals surface area contributed by atoms with E-state index in [9.17, 15) is 18.0 Å². The average molecular weight is 499 g/mol. The first-order chi connectivity index (χ1) is 16.8. The number of hydrogen-bond acceptors (Lipinski definition) is 7. The van der Waals surface area contributed by atoms with Crippen LogP contribution in [0.4, 0.5) is 11.5 Å². The van der Waals surface area contributed by atoms with Crippen molar-refractivity contribution in [2.24, 2.45) is 0 Å². The Morgan fingerprint density at radius 2 is 1.89 bits per heavy atom. The van der Waals surface area contributed by atoms with E-state index in [2.05, 4.69) is 15.1 Å². The van der Waals surface area contributed by atoms with E-state index in [0.29, 0.717) is 34.7 Å². The van der Waals surface area contributed by atoms with Gasteiger partial charge in [-0.05, 0) is 36.2 Å². The zero-order chi connectivity index (χ0) is 25.2. The third kappa shape index (κ3) is 4.85. The molecule has 1 amide bonds. The molecule has 2 aromatic carbocycles. The van der Waals surface area contributed by atoms with E-state index in [1.165, 1.54) is 31.0 Å². The summed E-state index contributed by atoms with van der Waals surface area (Å²) in [7, 11) is -1.21. The first-order valence-electron chi connectivity index (χ1n) is 11.1. The van der Waals surface area contributed by atoms with Crippen molar-refractivity contribution in [1.29, 1.82) is 0 Å². The zero-order valence-corrected chi connectivity index (χ0v) is 20.4. The van der Waals surface area contributed by atoms with Crippen LogP contribution < -0.4 is 19.5 Å². The molecule has 1 aliphatic heterocycles. The predicted molar refractivity (Wildman–Crippen MR) is 131 cm³/mol. The molecule has 35 heavy (non-hydrogen) atoms. The van der Waals surface area contributed by atoms with Crippen LogP contribution in [-0.4, -0.2) is 44.2 Å². The third-order valence-corrected chi connectivity index (χ3v) is 6.97. The second-order valence-corrected chi connectivity index (χ2v) is 9.63. The second-order valence-electron chi connectivity index (χ2n) is 7.98. The number of ether oxygens (including phenoxy) is 2. The smallest absolute Gasteiger partial charge is 0.265 e. The first-order valence-corrected chi connectivity index (χ1v) is 12.6. The highest BCUT2D eigenvalue weighted by atomic mass is 32.2. The van der Waals surface area contributed by atoms with Crippen molar-refractivity contribution in [3.8, 4) is 22.6 Å². The second kappa shape index (κ2) is 9.79. The largest absolute Gasteiger partial charge is 0.497 e. The molecule has 0 saturated carbocycles. The quantitative estimate of drug-likeness (QED) is 0.485. The molecule has 3 aromatic rings. The molecule has 1 aliphatic rings. The van der Waals surface area contributed by atoms with Crippen LogP contribution in [0.5, 0.6) is 11.5 Å². The number of hydrogen-bond donors (Lipinski definition) is 2. The van der Waals surface area contributed by atoms with Gasteiger partial charge in [0, 0.05) is 24.5 Å². The number of amides is 1. The minimum Gasteiger partial charge on any atom is -0.497 e. The lowest BCUT2D eigenvalue weighted by Crippen LogP contribution is -2.14. The van der Waals surface area contributed by atoms with Crippen LogP contribution >= 0.6 is 0 Å². The Bertz CT molecular complexity index is 1400. The van der Waals surface area contributed by atoms with E-state index in [4.69, 9.17) is 9.47 Å². The van der Waals surface area contributed by atoms with Gasteiger partial charge in [-0.15, -0.1) is 0 Å². The molecule has 0 saturated heterocycles. The fourth-order valence-corrected chi connectivity index (χ4v) is 5.18. The van der Waals surface area contributed by atoms with Crippen LogP contribution in [0.3, 0.4) is 0 Å². The molecular weight excluding hydrogens is 472 g/mol. The Kier molecular flexibility index (Phi) is 6.79. The summed E-state index contributed by atoms with van der Waals surface area (Å²) in [6.45, 7) is 1.97.